The van der Waals surface area contributed by atoms with Gasteiger partial charge in [-0.25, -0.2) is 8.42 Å². The predicted octanol–water partition coefficient (Wildman–Crippen LogP) is 4.66. The number of para-hydroxylation sites is 1. The summed E-state index contributed by atoms with van der Waals surface area (Å²) in [6.07, 6.45) is 0. The Labute approximate surface area is 196 Å². The van der Waals surface area contributed by atoms with Crippen LogP contribution in [0.15, 0.2) is 83.8 Å². The van der Waals surface area contributed by atoms with E-state index in [9.17, 15) is 13.2 Å². The normalized spacial score (nSPS) is 11.2. The lowest BCUT2D eigenvalue weighted by molar-refractivity contribution is -0.114. The summed E-state index contributed by atoms with van der Waals surface area (Å²) in [6.45, 7) is 3.40. The number of aromatic nitrogens is 2. The van der Waals surface area contributed by atoms with Gasteiger partial charge in [0.2, 0.25) is 11.0 Å². The number of carbonyl (C=O) groups is 1. The predicted molar refractivity (Wildman–Crippen MR) is 131 cm³/mol. The lowest BCUT2D eigenvalue weighted by Gasteiger charge is -2.25. The maximum absolute atomic E-state index is 13.4. The van der Waals surface area contributed by atoms with Gasteiger partial charge in [-0.15, -0.1) is 10.2 Å². The Morgan fingerprint density at radius 2 is 1.58 bits per heavy atom. The molecule has 4 aromatic rings. The van der Waals surface area contributed by atoms with Gasteiger partial charge in [0, 0.05) is 5.56 Å². The summed E-state index contributed by atoms with van der Waals surface area (Å²) < 4.78 is 27.9. The second kappa shape index (κ2) is 9.51. The lowest BCUT2D eigenvalue weighted by atomic mass is 10.2. The second-order valence-electron chi connectivity index (χ2n) is 7.44. The minimum absolute atomic E-state index is 0.110. The fourth-order valence-corrected chi connectivity index (χ4v) is 5.51. The van der Waals surface area contributed by atoms with E-state index >= 15 is 0 Å². The highest BCUT2D eigenvalue weighted by Crippen LogP contribution is 2.28. The number of anilines is 2. The van der Waals surface area contributed by atoms with Crippen LogP contribution in [0.2, 0.25) is 0 Å². The van der Waals surface area contributed by atoms with E-state index < -0.39 is 22.5 Å². The molecule has 3 aromatic carbocycles. The van der Waals surface area contributed by atoms with E-state index in [2.05, 4.69) is 15.5 Å². The summed E-state index contributed by atoms with van der Waals surface area (Å²) in [4.78, 5) is 13.0. The molecule has 0 spiro atoms. The van der Waals surface area contributed by atoms with Crippen molar-refractivity contribution in [3.63, 3.8) is 0 Å². The SMILES string of the molecule is Cc1ccc(-c2nnc(NC(=O)CN(c3ccccc3C)S(=O)(=O)c3ccccc3)s2)cc1. The van der Waals surface area contributed by atoms with Gasteiger partial charge in [0.1, 0.15) is 11.6 Å². The molecule has 0 atom stereocenters. The van der Waals surface area contributed by atoms with Crippen molar-refractivity contribution < 1.29 is 13.2 Å². The number of carbonyl (C=O) groups excluding carboxylic acids is 1. The van der Waals surface area contributed by atoms with Gasteiger partial charge in [0.15, 0.2) is 0 Å². The maximum Gasteiger partial charge on any atom is 0.264 e. The van der Waals surface area contributed by atoms with Crippen molar-refractivity contribution in [3.8, 4) is 10.6 Å². The van der Waals surface area contributed by atoms with Crippen molar-refractivity contribution in [3.05, 3.63) is 90.0 Å². The largest absolute Gasteiger partial charge is 0.299 e. The summed E-state index contributed by atoms with van der Waals surface area (Å²) in [5, 5.41) is 11.8. The van der Waals surface area contributed by atoms with Crippen LogP contribution < -0.4 is 9.62 Å². The first-order valence-corrected chi connectivity index (χ1v) is 12.4. The van der Waals surface area contributed by atoms with Crippen LogP contribution in [-0.4, -0.2) is 31.1 Å². The molecule has 0 aliphatic carbocycles. The zero-order valence-electron chi connectivity index (χ0n) is 18.1. The van der Waals surface area contributed by atoms with E-state index in [1.807, 2.05) is 37.3 Å². The molecule has 0 aliphatic rings. The molecule has 0 aliphatic heterocycles. The average molecular weight is 479 g/mol. The smallest absolute Gasteiger partial charge is 0.264 e. The number of aryl methyl sites for hydroxylation is 2. The molecule has 7 nitrogen and oxygen atoms in total. The van der Waals surface area contributed by atoms with E-state index in [-0.39, 0.29) is 4.90 Å². The number of nitrogens with one attached hydrogen (secondary N) is 1. The molecule has 1 amide bonds. The van der Waals surface area contributed by atoms with Crippen molar-refractivity contribution in [2.75, 3.05) is 16.2 Å². The van der Waals surface area contributed by atoms with Crippen LogP contribution in [0.4, 0.5) is 10.8 Å². The molecule has 168 valence electrons. The number of hydrogen-bond acceptors (Lipinski definition) is 6. The lowest BCUT2D eigenvalue weighted by Crippen LogP contribution is -2.38. The summed E-state index contributed by atoms with van der Waals surface area (Å²) in [6, 6.07) is 22.9. The Kier molecular flexibility index (Phi) is 6.52. The second-order valence-corrected chi connectivity index (χ2v) is 10.3. The van der Waals surface area contributed by atoms with E-state index in [1.54, 1.807) is 43.3 Å². The molecule has 0 radical (unpaired) electrons. The summed E-state index contributed by atoms with van der Waals surface area (Å²) in [7, 11) is -3.97. The number of amides is 1. The minimum Gasteiger partial charge on any atom is -0.299 e. The molecule has 1 N–H and O–H groups in total. The van der Waals surface area contributed by atoms with Gasteiger partial charge < -0.3 is 0 Å². The van der Waals surface area contributed by atoms with Gasteiger partial charge >= 0.3 is 0 Å². The molecule has 1 aromatic heterocycles. The van der Waals surface area contributed by atoms with Gasteiger partial charge in [0.05, 0.1) is 10.6 Å². The van der Waals surface area contributed by atoms with Gasteiger partial charge in [0.25, 0.3) is 10.0 Å². The quantitative estimate of drug-likeness (QED) is 0.417. The molecule has 33 heavy (non-hydrogen) atoms. The highest BCUT2D eigenvalue weighted by molar-refractivity contribution is 7.92. The Morgan fingerprint density at radius 1 is 0.909 bits per heavy atom. The summed E-state index contributed by atoms with van der Waals surface area (Å²) in [5.41, 5.74) is 3.20. The average Bonchev–Trinajstić information content (AvgIpc) is 3.27. The molecule has 4 rings (SSSR count). The number of rotatable bonds is 7. The van der Waals surface area contributed by atoms with Gasteiger partial charge in [-0.3, -0.25) is 14.4 Å². The first-order chi connectivity index (χ1) is 15.8. The third kappa shape index (κ3) is 5.10. The van der Waals surface area contributed by atoms with Crippen molar-refractivity contribution in [2.24, 2.45) is 0 Å². The van der Waals surface area contributed by atoms with Crippen LogP contribution in [0, 0.1) is 13.8 Å². The summed E-state index contributed by atoms with van der Waals surface area (Å²) in [5.74, 6) is -0.510. The fourth-order valence-electron chi connectivity index (χ4n) is 3.24. The fraction of sp³-hybridized carbons (Fsp3) is 0.125. The number of sulfonamides is 1. The van der Waals surface area contributed by atoms with Crippen LogP contribution in [-0.2, 0) is 14.8 Å². The van der Waals surface area contributed by atoms with Gasteiger partial charge in [-0.05, 0) is 37.6 Å². The topological polar surface area (TPSA) is 92.3 Å². The molecule has 0 unspecified atom stereocenters. The third-order valence-corrected chi connectivity index (χ3v) is 7.63. The first-order valence-electron chi connectivity index (χ1n) is 10.2. The highest BCUT2D eigenvalue weighted by atomic mass is 32.2. The Balaban J connectivity index is 1.59. The van der Waals surface area contributed by atoms with Gasteiger partial charge in [-0.2, -0.15) is 0 Å². The molecule has 0 saturated carbocycles. The number of benzene rings is 3. The Bertz CT molecular complexity index is 1370. The molecular formula is C24H22N4O3S2. The first kappa shape index (κ1) is 22.6. The molecule has 0 fully saturated rings. The summed E-state index contributed by atoms with van der Waals surface area (Å²) >= 11 is 1.23. The standard InChI is InChI=1S/C24H22N4O3S2/c1-17-12-14-19(15-13-17)23-26-27-24(32-23)25-22(29)16-28(21-11-7-6-8-18(21)2)33(30,31)20-9-4-3-5-10-20/h3-15H,16H2,1-2H3,(H,25,27,29). The van der Waals surface area contributed by atoms with Crippen LogP contribution in [0.5, 0.6) is 0 Å². The molecule has 1 heterocycles. The van der Waals surface area contributed by atoms with E-state index in [4.69, 9.17) is 0 Å². The van der Waals surface area contributed by atoms with Crippen molar-refractivity contribution in [1.29, 1.82) is 0 Å². The minimum atomic E-state index is -3.97. The van der Waals surface area contributed by atoms with Crippen LogP contribution in [0.25, 0.3) is 10.6 Å². The molecule has 9 heteroatoms. The van der Waals surface area contributed by atoms with Gasteiger partial charge in [-0.1, -0.05) is 77.6 Å². The highest BCUT2D eigenvalue weighted by Gasteiger charge is 2.28. The van der Waals surface area contributed by atoms with E-state index in [1.165, 1.54) is 23.5 Å². The van der Waals surface area contributed by atoms with Crippen LogP contribution >= 0.6 is 11.3 Å². The maximum atomic E-state index is 13.4. The number of nitrogens with zero attached hydrogens (tertiary/aromatic N) is 3. The molecule has 0 bridgehead atoms. The number of hydrogen-bond donors (Lipinski definition) is 1. The van der Waals surface area contributed by atoms with Crippen LogP contribution in [0.1, 0.15) is 11.1 Å². The Hall–Kier alpha value is -3.56. The van der Waals surface area contributed by atoms with Crippen molar-refractivity contribution in [1.82, 2.24) is 10.2 Å². The van der Waals surface area contributed by atoms with E-state index in [0.29, 0.717) is 15.8 Å². The third-order valence-electron chi connectivity index (χ3n) is 4.97. The zero-order valence-corrected chi connectivity index (χ0v) is 19.7. The van der Waals surface area contributed by atoms with Crippen molar-refractivity contribution in [2.45, 2.75) is 18.7 Å². The Morgan fingerprint density at radius 3 is 2.27 bits per heavy atom. The van der Waals surface area contributed by atoms with Crippen molar-refractivity contribution >= 4 is 38.1 Å². The molecule has 0 saturated heterocycles. The van der Waals surface area contributed by atoms with Crippen LogP contribution in [0.3, 0.4) is 0 Å². The zero-order chi connectivity index (χ0) is 23.4. The van der Waals surface area contributed by atoms with E-state index in [0.717, 1.165) is 21.0 Å². The monoisotopic (exact) mass is 478 g/mol. The molecular weight excluding hydrogens is 456 g/mol.